The first kappa shape index (κ1) is 25.7. The van der Waals surface area contributed by atoms with E-state index in [9.17, 15) is 9.18 Å². The van der Waals surface area contributed by atoms with Gasteiger partial charge < -0.3 is 25.8 Å². The van der Waals surface area contributed by atoms with E-state index in [1.54, 1.807) is 0 Å². The number of aliphatic hydroxyl groups excluding tert-OH is 1. The van der Waals surface area contributed by atoms with E-state index < -0.39 is 5.82 Å². The molecule has 0 bridgehead atoms. The second-order valence-corrected chi connectivity index (χ2v) is 10.4. The van der Waals surface area contributed by atoms with Gasteiger partial charge in [0.2, 0.25) is 0 Å². The topological polar surface area (TPSA) is 95.5 Å². The van der Waals surface area contributed by atoms with Gasteiger partial charge in [-0.2, -0.15) is 11.8 Å². The number of carbonyl (C=O) groups excluding carboxylic acids is 1. The van der Waals surface area contributed by atoms with Crippen LogP contribution in [0.3, 0.4) is 0 Å². The van der Waals surface area contributed by atoms with E-state index in [0.717, 1.165) is 61.3 Å². The number of nitrogens with one attached hydrogen (secondary N) is 3. The predicted octanol–water partition coefficient (Wildman–Crippen LogP) is 3.73. The number of pyridine rings is 1. The smallest absolute Gasteiger partial charge is 0.255 e. The van der Waals surface area contributed by atoms with Gasteiger partial charge in [-0.05, 0) is 62.2 Å². The number of nitrogens with zero attached hydrogens (tertiary/aromatic N) is 1. The Bertz CT molecular complexity index is 965. The number of hydrogen-bond acceptors (Lipinski definition) is 7. The number of amides is 1. The molecule has 35 heavy (non-hydrogen) atoms. The van der Waals surface area contributed by atoms with Crippen molar-refractivity contribution in [1.29, 1.82) is 0 Å². The zero-order chi connectivity index (χ0) is 24.5. The molecular formula is C26H35FN4O3S. The fraction of sp³-hybridized carbons (Fsp3) is 0.538. The molecule has 190 valence electrons. The molecule has 0 radical (unpaired) electrons. The highest BCUT2D eigenvalue weighted by Gasteiger charge is 2.25. The average molecular weight is 503 g/mol. The number of ether oxygens (including phenoxy) is 1. The van der Waals surface area contributed by atoms with Crippen LogP contribution in [0.1, 0.15) is 54.4 Å². The number of para-hydroxylation sites is 1. The number of thioether (sulfide) groups is 1. The lowest BCUT2D eigenvalue weighted by atomic mass is 9.90. The lowest BCUT2D eigenvalue weighted by Crippen LogP contribution is -2.42. The number of rotatable bonds is 10. The largest absolute Gasteiger partial charge is 0.491 e. The van der Waals surface area contributed by atoms with Gasteiger partial charge in [0.15, 0.2) is 0 Å². The molecule has 1 aromatic heterocycles. The third-order valence-electron chi connectivity index (χ3n) is 6.63. The fourth-order valence-electron chi connectivity index (χ4n) is 4.67. The van der Waals surface area contributed by atoms with Crippen LogP contribution in [0.2, 0.25) is 0 Å². The van der Waals surface area contributed by atoms with E-state index in [4.69, 9.17) is 9.84 Å². The summed E-state index contributed by atoms with van der Waals surface area (Å²) in [5, 5.41) is 19.1. The number of carbonyl (C=O) groups is 1. The van der Waals surface area contributed by atoms with Crippen molar-refractivity contribution in [3.05, 3.63) is 53.5 Å². The highest BCUT2D eigenvalue weighted by Crippen LogP contribution is 2.25. The minimum Gasteiger partial charge on any atom is -0.491 e. The molecule has 2 fully saturated rings. The van der Waals surface area contributed by atoms with Gasteiger partial charge in [0, 0.05) is 30.2 Å². The third-order valence-corrected chi connectivity index (χ3v) is 7.67. The highest BCUT2D eigenvalue weighted by molar-refractivity contribution is 7.99. The molecule has 1 saturated carbocycles. The van der Waals surface area contributed by atoms with E-state index in [1.165, 1.54) is 12.3 Å². The molecule has 1 aromatic carbocycles. The summed E-state index contributed by atoms with van der Waals surface area (Å²) in [6.45, 7) is 0.951. The second kappa shape index (κ2) is 13.1. The molecule has 4 rings (SSSR count). The van der Waals surface area contributed by atoms with Crippen LogP contribution in [0.5, 0.6) is 5.75 Å². The summed E-state index contributed by atoms with van der Waals surface area (Å²) in [7, 11) is 0. The van der Waals surface area contributed by atoms with Gasteiger partial charge in [0.1, 0.15) is 24.0 Å². The van der Waals surface area contributed by atoms with Gasteiger partial charge in [0.05, 0.1) is 18.4 Å². The maximum atomic E-state index is 13.9. The van der Waals surface area contributed by atoms with E-state index in [1.807, 2.05) is 36.0 Å². The van der Waals surface area contributed by atoms with Crippen molar-refractivity contribution in [2.45, 2.75) is 63.2 Å². The Hall–Kier alpha value is -2.36. The second-order valence-electron chi connectivity index (χ2n) is 9.16. The number of benzene rings is 1. The van der Waals surface area contributed by atoms with Crippen LogP contribution in [0, 0.1) is 5.82 Å². The van der Waals surface area contributed by atoms with Crippen molar-refractivity contribution in [3.63, 3.8) is 0 Å². The zero-order valence-corrected chi connectivity index (χ0v) is 20.8. The molecule has 7 nitrogen and oxygen atoms in total. The summed E-state index contributed by atoms with van der Waals surface area (Å²) >= 11 is 1.93. The maximum Gasteiger partial charge on any atom is 0.255 e. The molecule has 4 N–H and O–H groups in total. The van der Waals surface area contributed by atoms with Crippen LogP contribution in [0.4, 0.5) is 10.2 Å². The quantitative estimate of drug-likeness (QED) is 0.393. The van der Waals surface area contributed by atoms with Crippen LogP contribution in [-0.2, 0) is 6.54 Å². The monoisotopic (exact) mass is 502 g/mol. The Morgan fingerprint density at radius 1 is 1.09 bits per heavy atom. The van der Waals surface area contributed by atoms with Gasteiger partial charge in [-0.25, -0.2) is 9.37 Å². The van der Waals surface area contributed by atoms with E-state index >= 15 is 0 Å². The number of halogens is 1. The first-order valence-electron chi connectivity index (χ1n) is 12.5. The Morgan fingerprint density at radius 2 is 1.83 bits per heavy atom. The number of aromatic nitrogens is 1. The molecule has 2 heterocycles. The fourth-order valence-corrected chi connectivity index (χ4v) is 5.77. The van der Waals surface area contributed by atoms with E-state index in [0.29, 0.717) is 18.4 Å². The van der Waals surface area contributed by atoms with Crippen LogP contribution < -0.4 is 20.7 Å². The van der Waals surface area contributed by atoms with Crippen molar-refractivity contribution >= 4 is 23.5 Å². The molecule has 1 amide bonds. The molecule has 2 aliphatic rings. The Morgan fingerprint density at radius 3 is 2.60 bits per heavy atom. The molecule has 0 atom stereocenters. The van der Waals surface area contributed by atoms with Crippen molar-refractivity contribution in [3.8, 4) is 5.75 Å². The van der Waals surface area contributed by atoms with Gasteiger partial charge in [-0.1, -0.05) is 18.2 Å². The molecule has 9 heteroatoms. The molecule has 1 aliphatic heterocycles. The average Bonchev–Trinajstić information content (AvgIpc) is 2.89. The molecule has 2 aromatic rings. The Balaban J connectivity index is 1.27. The molecule has 0 spiro atoms. The Kier molecular flexibility index (Phi) is 9.62. The number of hydrogen-bond donors (Lipinski definition) is 4. The SMILES string of the molecule is O=C(N[C@H]1CC[C@@H](NCc2ccccc2OCCO)CC1)c1cc(F)cnc1NC1CCSCC1. The van der Waals surface area contributed by atoms with Crippen molar-refractivity contribution in [1.82, 2.24) is 15.6 Å². The van der Waals surface area contributed by atoms with E-state index in [-0.39, 0.29) is 36.8 Å². The van der Waals surface area contributed by atoms with Crippen LogP contribution in [0.15, 0.2) is 36.5 Å². The first-order valence-corrected chi connectivity index (χ1v) is 13.6. The highest BCUT2D eigenvalue weighted by atomic mass is 32.2. The minimum absolute atomic E-state index is 0.0134. The molecule has 1 aliphatic carbocycles. The van der Waals surface area contributed by atoms with Gasteiger partial charge in [-0.15, -0.1) is 0 Å². The standard InChI is InChI=1S/C26H35FN4O3S/c27-19-15-23(25(29-17-19)30-22-9-13-35-14-10-22)26(33)31-21-7-5-20(6-8-21)28-16-18-3-1-2-4-24(18)34-12-11-32/h1-4,15,17,20-22,28,32H,5-14,16H2,(H,29,30)(H,31,33)/t20-,21+. The minimum atomic E-state index is -0.504. The van der Waals surface area contributed by atoms with Crippen molar-refractivity contribution in [2.75, 3.05) is 30.0 Å². The zero-order valence-electron chi connectivity index (χ0n) is 20.0. The van der Waals surface area contributed by atoms with E-state index in [2.05, 4.69) is 20.9 Å². The van der Waals surface area contributed by atoms with Crippen molar-refractivity contribution < 1.29 is 19.0 Å². The summed E-state index contributed by atoms with van der Waals surface area (Å²) in [5.41, 5.74) is 1.34. The lowest BCUT2D eigenvalue weighted by Gasteiger charge is -2.30. The Labute approximate surface area is 210 Å². The molecule has 1 saturated heterocycles. The van der Waals surface area contributed by atoms with Crippen LogP contribution in [-0.4, -0.2) is 58.8 Å². The summed E-state index contributed by atoms with van der Waals surface area (Å²) in [5.74, 6) is 2.65. The van der Waals surface area contributed by atoms with Gasteiger partial charge in [0.25, 0.3) is 5.91 Å². The summed E-state index contributed by atoms with van der Waals surface area (Å²) in [6, 6.07) is 9.80. The van der Waals surface area contributed by atoms with Gasteiger partial charge in [-0.3, -0.25) is 4.79 Å². The third kappa shape index (κ3) is 7.56. The summed E-state index contributed by atoms with van der Waals surface area (Å²) < 4.78 is 19.6. The van der Waals surface area contributed by atoms with Crippen LogP contribution in [0.25, 0.3) is 0 Å². The number of anilines is 1. The summed E-state index contributed by atoms with van der Waals surface area (Å²) in [6.07, 6.45) is 6.79. The normalized spacial score (nSPS) is 20.9. The molecule has 0 unspecified atom stereocenters. The lowest BCUT2D eigenvalue weighted by molar-refractivity contribution is 0.0924. The van der Waals surface area contributed by atoms with Crippen LogP contribution >= 0.6 is 11.8 Å². The first-order chi connectivity index (χ1) is 17.1. The maximum absolute atomic E-state index is 13.9. The van der Waals surface area contributed by atoms with Gasteiger partial charge >= 0.3 is 0 Å². The number of aliphatic hydroxyl groups is 1. The molecular weight excluding hydrogens is 467 g/mol. The predicted molar refractivity (Wildman–Crippen MR) is 138 cm³/mol. The summed E-state index contributed by atoms with van der Waals surface area (Å²) in [4.78, 5) is 17.2. The van der Waals surface area contributed by atoms with Crippen molar-refractivity contribution in [2.24, 2.45) is 0 Å².